The first-order valence-corrected chi connectivity index (χ1v) is 10.7. The summed E-state index contributed by atoms with van der Waals surface area (Å²) in [5.41, 5.74) is 1.66. The van der Waals surface area contributed by atoms with E-state index in [4.69, 9.17) is 4.74 Å². The highest BCUT2D eigenvalue weighted by Gasteiger charge is 2.31. The second-order valence-electron chi connectivity index (χ2n) is 6.65. The van der Waals surface area contributed by atoms with Crippen LogP contribution in [-0.2, 0) is 10.6 Å². The number of fused-ring (bicyclic) bond motifs is 1. The lowest BCUT2D eigenvalue weighted by molar-refractivity contribution is -0.137. The third kappa shape index (κ3) is 4.55. The van der Waals surface area contributed by atoms with Gasteiger partial charge in [-0.15, -0.1) is 0 Å². The number of ether oxygens (including phenoxy) is 1. The summed E-state index contributed by atoms with van der Waals surface area (Å²) in [4.78, 5) is 13.3. The summed E-state index contributed by atoms with van der Waals surface area (Å²) in [6, 6.07) is 12.6. The molecule has 0 spiro atoms. The van der Waals surface area contributed by atoms with Crippen LogP contribution in [0.2, 0.25) is 0 Å². The Morgan fingerprint density at radius 1 is 1.06 bits per heavy atom. The molecule has 2 heterocycles. The highest BCUT2D eigenvalue weighted by molar-refractivity contribution is 14.1. The summed E-state index contributed by atoms with van der Waals surface area (Å²) in [6.07, 6.45) is -1.17. The molecular weight excluding hydrogens is 520 g/mol. The van der Waals surface area contributed by atoms with Gasteiger partial charge >= 0.3 is 6.18 Å². The maximum absolute atomic E-state index is 13.3. The molecule has 2 aromatic carbocycles. The standard InChI is InChI=1S/C22H16F3IN4O/c1-31-16-6-7-18-17(10-16)21(30-20(28-18)14-3-2-8-27-12-14)29-19-9-15(22(23,24)25)5-4-13(19)11-26/h2-10,12H,11H2,1H3,(H,28,29,30). The summed E-state index contributed by atoms with van der Waals surface area (Å²) in [5, 5.41) is 3.74. The van der Waals surface area contributed by atoms with E-state index in [2.05, 4.69) is 42.9 Å². The minimum atomic E-state index is -4.45. The van der Waals surface area contributed by atoms with Gasteiger partial charge in [0.15, 0.2) is 5.82 Å². The Morgan fingerprint density at radius 2 is 1.90 bits per heavy atom. The number of aromatic nitrogens is 3. The van der Waals surface area contributed by atoms with Crippen molar-refractivity contribution in [3.63, 3.8) is 0 Å². The van der Waals surface area contributed by atoms with Crippen molar-refractivity contribution >= 4 is 45.0 Å². The summed E-state index contributed by atoms with van der Waals surface area (Å²) in [6.45, 7) is 0. The normalized spacial score (nSPS) is 11.5. The van der Waals surface area contributed by atoms with Crippen molar-refractivity contribution in [2.24, 2.45) is 0 Å². The van der Waals surface area contributed by atoms with Crippen molar-refractivity contribution in [2.75, 3.05) is 12.4 Å². The van der Waals surface area contributed by atoms with Crippen molar-refractivity contribution < 1.29 is 17.9 Å². The molecule has 0 atom stereocenters. The van der Waals surface area contributed by atoms with Crippen LogP contribution in [0.15, 0.2) is 60.9 Å². The van der Waals surface area contributed by atoms with E-state index in [1.54, 1.807) is 43.8 Å². The largest absolute Gasteiger partial charge is 0.497 e. The lowest BCUT2D eigenvalue weighted by atomic mass is 10.1. The van der Waals surface area contributed by atoms with Gasteiger partial charge in [-0.25, -0.2) is 9.97 Å². The fourth-order valence-electron chi connectivity index (χ4n) is 3.07. The smallest absolute Gasteiger partial charge is 0.416 e. The van der Waals surface area contributed by atoms with Crippen LogP contribution in [0.25, 0.3) is 22.3 Å². The molecule has 0 saturated heterocycles. The molecule has 4 aromatic rings. The molecule has 5 nitrogen and oxygen atoms in total. The van der Waals surface area contributed by atoms with Gasteiger partial charge in [0, 0.05) is 33.5 Å². The lowest BCUT2D eigenvalue weighted by Crippen LogP contribution is -2.07. The molecule has 0 bridgehead atoms. The zero-order valence-electron chi connectivity index (χ0n) is 16.2. The van der Waals surface area contributed by atoms with Gasteiger partial charge in [0.2, 0.25) is 0 Å². The van der Waals surface area contributed by atoms with Gasteiger partial charge in [0.1, 0.15) is 11.6 Å². The molecule has 0 saturated carbocycles. The fraction of sp³-hybridized carbons (Fsp3) is 0.136. The predicted octanol–water partition coefficient (Wildman–Crippen LogP) is 6.40. The number of rotatable bonds is 5. The number of benzene rings is 2. The van der Waals surface area contributed by atoms with Gasteiger partial charge in [-0.3, -0.25) is 4.98 Å². The first-order valence-electron chi connectivity index (χ1n) is 9.18. The number of hydrogen-bond acceptors (Lipinski definition) is 5. The number of nitrogens with zero attached hydrogens (tertiary/aromatic N) is 3. The third-order valence-electron chi connectivity index (χ3n) is 4.66. The Balaban J connectivity index is 1.90. The first-order chi connectivity index (χ1) is 14.9. The maximum atomic E-state index is 13.3. The van der Waals surface area contributed by atoms with Gasteiger partial charge in [-0.1, -0.05) is 28.7 Å². The molecule has 4 rings (SSSR count). The second kappa shape index (κ2) is 8.66. The van der Waals surface area contributed by atoms with Gasteiger partial charge in [-0.2, -0.15) is 13.2 Å². The molecule has 0 aliphatic heterocycles. The SMILES string of the molecule is COc1ccc2nc(-c3cccnc3)nc(Nc3cc(C(F)(F)F)ccc3CI)c2c1. The summed E-state index contributed by atoms with van der Waals surface area (Å²) >= 11 is 2.12. The first kappa shape index (κ1) is 21.3. The number of halogens is 4. The molecule has 2 aromatic heterocycles. The predicted molar refractivity (Wildman–Crippen MR) is 122 cm³/mol. The molecular formula is C22H16F3IN4O. The Labute approximate surface area is 189 Å². The average molecular weight is 536 g/mol. The third-order valence-corrected chi connectivity index (χ3v) is 5.48. The molecule has 0 radical (unpaired) electrons. The van der Waals surface area contributed by atoms with Crippen LogP contribution in [0.1, 0.15) is 11.1 Å². The van der Waals surface area contributed by atoms with E-state index < -0.39 is 11.7 Å². The van der Waals surface area contributed by atoms with Crippen LogP contribution >= 0.6 is 22.6 Å². The van der Waals surface area contributed by atoms with Gasteiger partial charge in [-0.05, 0) is 48.0 Å². The van der Waals surface area contributed by atoms with Gasteiger partial charge in [0.25, 0.3) is 0 Å². The van der Waals surface area contributed by atoms with E-state index in [0.717, 1.165) is 17.7 Å². The van der Waals surface area contributed by atoms with Crippen LogP contribution in [0.3, 0.4) is 0 Å². The molecule has 158 valence electrons. The summed E-state index contributed by atoms with van der Waals surface area (Å²) < 4.78 is 45.7. The minimum absolute atomic E-state index is 0.337. The number of nitrogens with one attached hydrogen (secondary N) is 1. The molecule has 9 heteroatoms. The zero-order chi connectivity index (χ0) is 22.0. The van der Waals surface area contributed by atoms with E-state index >= 15 is 0 Å². The second-order valence-corrected chi connectivity index (χ2v) is 7.41. The molecule has 0 unspecified atom stereocenters. The van der Waals surface area contributed by atoms with Crippen LogP contribution in [-0.4, -0.2) is 22.1 Å². The molecule has 0 aliphatic rings. The quantitative estimate of drug-likeness (QED) is 0.237. The number of alkyl halides is 4. The molecule has 0 fully saturated rings. The van der Waals surface area contributed by atoms with Crippen LogP contribution in [0, 0.1) is 0 Å². The monoisotopic (exact) mass is 536 g/mol. The summed E-state index contributed by atoms with van der Waals surface area (Å²) in [7, 11) is 1.54. The number of anilines is 2. The van der Waals surface area contributed by atoms with Crippen molar-refractivity contribution in [1.29, 1.82) is 0 Å². The average Bonchev–Trinajstić information content (AvgIpc) is 2.78. The number of methoxy groups -OCH3 is 1. The van der Waals surface area contributed by atoms with E-state index in [0.29, 0.717) is 44.0 Å². The van der Waals surface area contributed by atoms with Crippen LogP contribution < -0.4 is 10.1 Å². The highest BCUT2D eigenvalue weighted by atomic mass is 127. The fourth-order valence-corrected chi connectivity index (χ4v) is 3.73. The molecule has 0 amide bonds. The van der Waals surface area contributed by atoms with Gasteiger partial charge < -0.3 is 10.1 Å². The van der Waals surface area contributed by atoms with Crippen LogP contribution in [0.5, 0.6) is 5.75 Å². The molecule has 0 aliphatic carbocycles. The Hall–Kier alpha value is -2.95. The van der Waals surface area contributed by atoms with Gasteiger partial charge in [0.05, 0.1) is 18.2 Å². The van der Waals surface area contributed by atoms with Crippen molar-refractivity contribution in [2.45, 2.75) is 10.6 Å². The molecule has 1 N–H and O–H groups in total. The Morgan fingerprint density at radius 3 is 2.58 bits per heavy atom. The summed E-state index contributed by atoms with van der Waals surface area (Å²) in [5.74, 6) is 1.39. The zero-order valence-corrected chi connectivity index (χ0v) is 18.4. The maximum Gasteiger partial charge on any atom is 0.416 e. The van der Waals surface area contributed by atoms with E-state index in [9.17, 15) is 13.2 Å². The Kier molecular flexibility index (Phi) is 5.94. The van der Waals surface area contributed by atoms with E-state index in [-0.39, 0.29) is 0 Å². The minimum Gasteiger partial charge on any atom is -0.497 e. The van der Waals surface area contributed by atoms with Crippen molar-refractivity contribution in [3.8, 4) is 17.1 Å². The van der Waals surface area contributed by atoms with Crippen LogP contribution in [0.4, 0.5) is 24.7 Å². The lowest BCUT2D eigenvalue weighted by Gasteiger charge is -2.16. The molecule has 31 heavy (non-hydrogen) atoms. The van der Waals surface area contributed by atoms with E-state index in [1.165, 1.54) is 6.07 Å². The Bertz CT molecular complexity index is 1230. The van der Waals surface area contributed by atoms with E-state index in [1.807, 2.05) is 6.07 Å². The number of hydrogen-bond donors (Lipinski definition) is 1. The highest BCUT2D eigenvalue weighted by Crippen LogP contribution is 2.35. The van der Waals surface area contributed by atoms with Crippen molar-refractivity contribution in [1.82, 2.24) is 15.0 Å². The number of pyridine rings is 1. The topological polar surface area (TPSA) is 59.9 Å². The van der Waals surface area contributed by atoms with Crippen molar-refractivity contribution in [3.05, 3.63) is 72.1 Å².